The number of hydrogen-bond donors (Lipinski definition) is 2. The van der Waals surface area contributed by atoms with Crippen LogP contribution in [0, 0.1) is 16.0 Å². The predicted molar refractivity (Wildman–Crippen MR) is 73.4 cm³/mol. The van der Waals surface area contributed by atoms with Crippen molar-refractivity contribution in [1.29, 1.82) is 0 Å². The molecule has 1 aromatic rings. The number of carbonyl (C=O) groups excluding carboxylic acids is 1. The summed E-state index contributed by atoms with van der Waals surface area (Å²) in [6.45, 7) is 2.55. The van der Waals surface area contributed by atoms with Crippen LogP contribution in [0.1, 0.15) is 5.56 Å². The minimum absolute atomic E-state index is 0. The van der Waals surface area contributed by atoms with E-state index in [0.29, 0.717) is 18.0 Å². The quantitative estimate of drug-likeness (QED) is 0.622. The molecule has 1 amide bonds. The Balaban J connectivity index is 0.00000180. The van der Waals surface area contributed by atoms with Crippen molar-refractivity contribution in [2.75, 3.05) is 19.6 Å². The van der Waals surface area contributed by atoms with Crippen LogP contribution < -0.4 is 10.6 Å². The zero-order chi connectivity index (χ0) is 13.0. The monoisotopic (exact) mass is 285 g/mol. The van der Waals surface area contributed by atoms with E-state index in [2.05, 4.69) is 10.6 Å². The molecule has 0 unspecified atom stereocenters. The number of non-ortho nitro benzene ring substituents is 1. The predicted octanol–water partition coefficient (Wildman–Crippen LogP) is 0.895. The Labute approximate surface area is 117 Å². The van der Waals surface area contributed by atoms with E-state index in [9.17, 15) is 14.9 Å². The summed E-state index contributed by atoms with van der Waals surface area (Å²) in [5, 5.41) is 16.6. The summed E-state index contributed by atoms with van der Waals surface area (Å²) in [4.78, 5) is 21.8. The first kappa shape index (κ1) is 15.4. The molecular weight excluding hydrogens is 270 g/mol. The van der Waals surface area contributed by atoms with E-state index in [1.807, 2.05) is 0 Å². The lowest BCUT2D eigenvalue weighted by Gasteiger charge is -2.27. The molecule has 0 aliphatic carbocycles. The molecule has 1 aliphatic heterocycles. The molecule has 1 heterocycles. The third-order valence-electron chi connectivity index (χ3n) is 2.94. The van der Waals surface area contributed by atoms with Gasteiger partial charge in [0.1, 0.15) is 0 Å². The van der Waals surface area contributed by atoms with E-state index in [4.69, 9.17) is 0 Å². The molecule has 104 valence electrons. The molecule has 7 heteroatoms. The van der Waals surface area contributed by atoms with Crippen LogP contribution in [0.4, 0.5) is 5.69 Å². The Morgan fingerprint density at radius 3 is 2.79 bits per heavy atom. The maximum Gasteiger partial charge on any atom is 0.269 e. The Morgan fingerprint density at radius 1 is 1.47 bits per heavy atom. The SMILES string of the molecule is Cl.O=C(Cc1cccc([N+](=O)[O-])c1)NCC1CNC1. The van der Waals surface area contributed by atoms with Crippen molar-refractivity contribution in [3.8, 4) is 0 Å². The number of amides is 1. The van der Waals surface area contributed by atoms with Gasteiger partial charge in [0.2, 0.25) is 5.91 Å². The smallest absolute Gasteiger partial charge is 0.269 e. The van der Waals surface area contributed by atoms with E-state index in [-0.39, 0.29) is 30.4 Å². The van der Waals surface area contributed by atoms with Crippen LogP contribution in [0.15, 0.2) is 24.3 Å². The summed E-state index contributed by atoms with van der Waals surface area (Å²) in [5.41, 5.74) is 0.678. The maximum absolute atomic E-state index is 11.6. The Bertz CT molecular complexity index is 463. The molecule has 0 bridgehead atoms. The van der Waals surface area contributed by atoms with Gasteiger partial charge in [0.15, 0.2) is 0 Å². The number of nitrogens with zero attached hydrogens (tertiary/aromatic N) is 1. The van der Waals surface area contributed by atoms with Gasteiger partial charge in [-0.1, -0.05) is 12.1 Å². The molecule has 0 spiro atoms. The summed E-state index contributed by atoms with van der Waals surface area (Å²) < 4.78 is 0. The van der Waals surface area contributed by atoms with Crippen LogP contribution in [0.2, 0.25) is 0 Å². The highest BCUT2D eigenvalue weighted by atomic mass is 35.5. The second kappa shape index (κ2) is 7.06. The van der Waals surface area contributed by atoms with Gasteiger partial charge < -0.3 is 10.6 Å². The molecular formula is C12H16ClN3O3. The highest BCUT2D eigenvalue weighted by Crippen LogP contribution is 2.13. The third-order valence-corrected chi connectivity index (χ3v) is 2.94. The summed E-state index contributed by atoms with van der Waals surface area (Å²) >= 11 is 0. The second-order valence-corrected chi connectivity index (χ2v) is 4.43. The molecule has 0 aromatic heterocycles. The fraction of sp³-hybridized carbons (Fsp3) is 0.417. The minimum Gasteiger partial charge on any atom is -0.355 e. The average molecular weight is 286 g/mol. The van der Waals surface area contributed by atoms with Gasteiger partial charge in [-0.05, 0) is 5.56 Å². The van der Waals surface area contributed by atoms with Crippen molar-refractivity contribution in [3.05, 3.63) is 39.9 Å². The molecule has 0 saturated carbocycles. The van der Waals surface area contributed by atoms with Crippen LogP contribution in [0.3, 0.4) is 0 Å². The van der Waals surface area contributed by atoms with E-state index in [0.717, 1.165) is 13.1 Å². The van der Waals surface area contributed by atoms with Crippen LogP contribution in [0.5, 0.6) is 0 Å². The molecule has 19 heavy (non-hydrogen) atoms. The number of hydrogen-bond acceptors (Lipinski definition) is 4. The Morgan fingerprint density at radius 2 is 2.21 bits per heavy atom. The lowest BCUT2D eigenvalue weighted by Crippen LogP contribution is -2.48. The van der Waals surface area contributed by atoms with E-state index < -0.39 is 4.92 Å². The summed E-state index contributed by atoms with van der Waals surface area (Å²) in [5.74, 6) is 0.418. The van der Waals surface area contributed by atoms with E-state index in [1.54, 1.807) is 12.1 Å². The summed E-state index contributed by atoms with van der Waals surface area (Å²) in [6, 6.07) is 6.17. The van der Waals surface area contributed by atoms with Gasteiger partial charge in [-0.2, -0.15) is 0 Å². The molecule has 0 radical (unpaired) electrons. The topological polar surface area (TPSA) is 84.3 Å². The van der Waals surface area contributed by atoms with Crippen molar-refractivity contribution in [1.82, 2.24) is 10.6 Å². The minimum atomic E-state index is -0.457. The molecule has 1 saturated heterocycles. The van der Waals surface area contributed by atoms with Gasteiger partial charge >= 0.3 is 0 Å². The van der Waals surface area contributed by atoms with Gasteiger partial charge in [0, 0.05) is 37.7 Å². The number of carbonyl (C=O) groups is 1. The largest absolute Gasteiger partial charge is 0.355 e. The lowest BCUT2D eigenvalue weighted by molar-refractivity contribution is -0.384. The first-order valence-corrected chi connectivity index (χ1v) is 5.86. The maximum atomic E-state index is 11.6. The molecule has 2 rings (SSSR count). The molecule has 0 atom stereocenters. The van der Waals surface area contributed by atoms with Crippen molar-refractivity contribution in [2.45, 2.75) is 6.42 Å². The molecule has 1 fully saturated rings. The highest BCUT2D eigenvalue weighted by molar-refractivity contribution is 5.85. The molecule has 1 aromatic carbocycles. The summed E-state index contributed by atoms with van der Waals surface area (Å²) in [6.07, 6.45) is 0.182. The van der Waals surface area contributed by atoms with Crippen LogP contribution in [-0.2, 0) is 11.2 Å². The number of benzene rings is 1. The number of nitro groups is 1. The Kier molecular flexibility index (Phi) is 5.72. The van der Waals surface area contributed by atoms with Gasteiger partial charge in [-0.25, -0.2) is 0 Å². The van der Waals surface area contributed by atoms with E-state index >= 15 is 0 Å². The molecule has 6 nitrogen and oxygen atoms in total. The third kappa shape index (κ3) is 4.50. The van der Waals surface area contributed by atoms with Crippen molar-refractivity contribution in [3.63, 3.8) is 0 Å². The zero-order valence-electron chi connectivity index (χ0n) is 10.3. The van der Waals surface area contributed by atoms with Crippen LogP contribution in [-0.4, -0.2) is 30.5 Å². The molecule has 1 aliphatic rings. The fourth-order valence-electron chi connectivity index (χ4n) is 1.78. The van der Waals surface area contributed by atoms with Gasteiger partial charge in [-0.3, -0.25) is 14.9 Å². The molecule has 2 N–H and O–H groups in total. The van der Waals surface area contributed by atoms with Crippen LogP contribution >= 0.6 is 12.4 Å². The second-order valence-electron chi connectivity index (χ2n) is 4.43. The van der Waals surface area contributed by atoms with Crippen molar-refractivity contribution < 1.29 is 9.72 Å². The van der Waals surface area contributed by atoms with Crippen LogP contribution in [0.25, 0.3) is 0 Å². The van der Waals surface area contributed by atoms with Crippen molar-refractivity contribution in [2.24, 2.45) is 5.92 Å². The normalized spacial score (nSPS) is 14.1. The van der Waals surface area contributed by atoms with Gasteiger partial charge in [0.05, 0.1) is 11.3 Å². The average Bonchev–Trinajstić information content (AvgIpc) is 2.27. The number of rotatable bonds is 5. The number of halogens is 1. The highest BCUT2D eigenvalue weighted by Gasteiger charge is 2.17. The van der Waals surface area contributed by atoms with Gasteiger partial charge in [0.25, 0.3) is 5.69 Å². The first-order chi connectivity index (χ1) is 8.65. The number of nitrogens with one attached hydrogen (secondary N) is 2. The number of nitro benzene ring substituents is 1. The fourth-order valence-corrected chi connectivity index (χ4v) is 1.78. The van der Waals surface area contributed by atoms with Gasteiger partial charge in [-0.15, -0.1) is 12.4 Å². The lowest BCUT2D eigenvalue weighted by atomic mass is 10.0. The first-order valence-electron chi connectivity index (χ1n) is 5.86. The zero-order valence-corrected chi connectivity index (χ0v) is 11.1. The van der Waals surface area contributed by atoms with Crippen molar-refractivity contribution >= 4 is 24.0 Å². The summed E-state index contributed by atoms with van der Waals surface area (Å²) in [7, 11) is 0. The standard InChI is InChI=1S/C12H15N3O3.ClH/c16-12(14-8-10-6-13-7-10)5-9-2-1-3-11(4-9)15(17)18;/h1-4,10,13H,5-8H2,(H,14,16);1H. The Hall–Kier alpha value is -1.66. The van der Waals surface area contributed by atoms with E-state index in [1.165, 1.54) is 12.1 Å².